The van der Waals surface area contributed by atoms with Crippen molar-refractivity contribution in [3.05, 3.63) is 6.92 Å². The second kappa shape index (κ2) is 9.73. The van der Waals surface area contributed by atoms with E-state index in [4.69, 9.17) is 0 Å². The Morgan fingerprint density at radius 2 is 1.86 bits per heavy atom. The summed E-state index contributed by atoms with van der Waals surface area (Å²) in [4.78, 5) is 0. The maximum absolute atomic E-state index is 3.72. The van der Waals surface area contributed by atoms with Gasteiger partial charge in [0.25, 0.3) is 0 Å². The van der Waals surface area contributed by atoms with Crippen LogP contribution in [0.3, 0.4) is 0 Å². The molecule has 0 spiro atoms. The molecule has 0 fully saturated rings. The fraction of sp³-hybridized carbons (Fsp3) is 0.833. The molecule has 1 heteroatoms. The largest absolute Gasteiger partial charge is 0.0654 e. The molecule has 0 bridgehead atoms. The summed E-state index contributed by atoms with van der Waals surface area (Å²) in [5, 5.41) is 0. The topological polar surface area (TPSA) is 0 Å². The molecule has 1 radical (unpaired) electrons. The van der Waals surface area contributed by atoms with Crippen LogP contribution >= 0.6 is 0 Å². The summed E-state index contributed by atoms with van der Waals surface area (Å²) in [6.07, 6.45) is 5.07. The van der Waals surface area contributed by atoms with Gasteiger partial charge in [0.15, 0.2) is 0 Å². The zero-order valence-corrected chi connectivity index (χ0v) is 6.22. The molecule has 0 rings (SSSR count). The SMILES string of the molecule is [CH2]CCCCC.[Cr]. The van der Waals surface area contributed by atoms with Crippen LogP contribution in [-0.2, 0) is 17.4 Å². The van der Waals surface area contributed by atoms with Crippen LogP contribution in [0.5, 0.6) is 0 Å². The third-order valence-electron chi connectivity index (χ3n) is 0.854. The van der Waals surface area contributed by atoms with Crippen molar-refractivity contribution < 1.29 is 17.4 Å². The summed E-state index contributed by atoms with van der Waals surface area (Å²) in [5.74, 6) is 0. The van der Waals surface area contributed by atoms with E-state index in [9.17, 15) is 0 Å². The predicted molar refractivity (Wildman–Crippen MR) is 29.5 cm³/mol. The monoisotopic (exact) mass is 137 g/mol. The summed E-state index contributed by atoms with van der Waals surface area (Å²) < 4.78 is 0. The first-order chi connectivity index (χ1) is 2.91. The van der Waals surface area contributed by atoms with Crippen LogP contribution in [0.4, 0.5) is 0 Å². The summed E-state index contributed by atoms with van der Waals surface area (Å²) in [5.41, 5.74) is 0. The molecule has 0 heterocycles. The standard InChI is InChI=1S/C6H13.Cr/c1-3-5-6-4-2;/h1,3-6H2,2H3;. The van der Waals surface area contributed by atoms with Gasteiger partial charge in [-0.3, -0.25) is 0 Å². The van der Waals surface area contributed by atoms with E-state index in [0.29, 0.717) is 0 Å². The average Bonchev–Trinajstić information content (AvgIpc) is 1.61. The molecule has 0 saturated heterocycles. The van der Waals surface area contributed by atoms with E-state index in [0.717, 1.165) is 6.42 Å². The molecule has 0 aromatic heterocycles. The van der Waals surface area contributed by atoms with E-state index < -0.39 is 0 Å². The second-order valence-corrected chi connectivity index (χ2v) is 1.56. The quantitative estimate of drug-likeness (QED) is 0.524. The number of hydrogen-bond donors (Lipinski definition) is 0. The Labute approximate surface area is 57.4 Å². The Balaban J connectivity index is 0. The molecule has 0 aromatic carbocycles. The molecule has 0 saturated carbocycles. The van der Waals surface area contributed by atoms with Crippen LogP contribution in [0.2, 0.25) is 0 Å². The molecule has 0 nitrogen and oxygen atoms in total. The third kappa shape index (κ3) is 10.8. The molecule has 0 aromatic rings. The number of rotatable bonds is 3. The number of unbranched alkanes of at least 4 members (excludes halogenated alkanes) is 3. The first-order valence-corrected chi connectivity index (χ1v) is 2.71. The van der Waals surface area contributed by atoms with Gasteiger partial charge < -0.3 is 0 Å². The summed E-state index contributed by atoms with van der Waals surface area (Å²) in [7, 11) is 0. The smallest absolute Gasteiger partial charge is 0 e. The van der Waals surface area contributed by atoms with Crippen LogP contribution in [0.25, 0.3) is 0 Å². The van der Waals surface area contributed by atoms with Gasteiger partial charge in [0.05, 0.1) is 0 Å². The van der Waals surface area contributed by atoms with E-state index in [1.54, 1.807) is 0 Å². The minimum Gasteiger partial charge on any atom is -0.0654 e. The van der Waals surface area contributed by atoms with Gasteiger partial charge in [-0.25, -0.2) is 0 Å². The third-order valence-corrected chi connectivity index (χ3v) is 0.854. The minimum absolute atomic E-state index is 0. The van der Waals surface area contributed by atoms with E-state index in [1.807, 2.05) is 0 Å². The van der Waals surface area contributed by atoms with Crippen molar-refractivity contribution in [2.45, 2.75) is 32.6 Å². The van der Waals surface area contributed by atoms with Gasteiger partial charge in [0, 0.05) is 17.4 Å². The van der Waals surface area contributed by atoms with Crippen molar-refractivity contribution in [1.82, 2.24) is 0 Å². The Hall–Kier alpha value is 0.532. The van der Waals surface area contributed by atoms with Crippen LogP contribution in [0.1, 0.15) is 32.6 Å². The van der Waals surface area contributed by atoms with Crippen LogP contribution in [0, 0.1) is 6.92 Å². The van der Waals surface area contributed by atoms with Gasteiger partial charge in [-0.05, 0) is 0 Å². The zero-order chi connectivity index (χ0) is 4.83. The fourth-order valence-electron chi connectivity index (χ4n) is 0.427. The van der Waals surface area contributed by atoms with Crippen molar-refractivity contribution in [2.24, 2.45) is 0 Å². The first-order valence-electron chi connectivity index (χ1n) is 2.71. The van der Waals surface area contributed by atoms with Gasteiger partial charge in [0.2, 0.25) is 0 Å². The molecule has 0 atom stereocenters. The maximum atomic E-state index is 3.72. The Morgan fingerprint density at radius 1 is 1.29 bits per heavy atom. The minimum atomic E-state index is 0. The fourth-order valence-corrected chi connectivity index (χ4v) is 0.427. The van der Waals surface area contributed by atoms with E-state index in [1.165, 1.54) is 19.3 Å². The van der Waals surface area contributed by atoms with Gasteiger partial charge in [-0.2, -0.15) is 0 Å². The molecule has 0 aliphatic carbocycles. The normalized spacial score (nSPS) is 7.71. The van der Waals surface area contributed by atoms with Crippen molar-refractivity contribution in [1.29, 1.82) is 0 Å². The van der Waals surface area contributed by atoms with Crippen molar-refractivity contribution in [3.8, 4) is 0 Å². The van der Waals surface area contributed by atoms with E-state index in [2.05, 4.69) is 13.8 Å². The Kier molecular flexibility index (Phi) is 14.6. The molecule has 43 valence electrons. The number of hydrogen-bond acceptors (Lipinski definition) is 0. The maximum Gasteiger partial charge on any atom is 0 e. The summed E-state index contributed by atoms with van der Waals surface area (Å²) in [6.45, 7) is 5.93. The van der Waals surface area contributed by atoms with Crippen molar-refractivity contribution in [2.75, 3.05) is 0 Å². The zero-order valence-electron chi connectivity index (χ0n) is 4.94. The first kappa shape index (κ1) is 10.5. The Morgan fingerprint density at radius 3 is 2.00 bits per heavy atom. The van der Waals surface area contributed by atoms with Gasteiger partial charge in [0.1, 0.15) is 0 Å². The van der Waals surface area contributed by atoms with Gasteiger partial charge in [-0.1, -0.05) is 39.5 Å². The van der Waals surface area contributed by atoms with Gasteiger partial charge >= 0.3 is 0 Å². The molecule has 0 aliphatic rings. The van der Waals surface area contributed by atoms with Crippen molar-refractivity contribution in [3.63, 3.8) is 0 Å². The molecule has 7 heavy (non-hydrogen) atoms. The van der Waals surface area contributed by atoms with E-state index >= 15 is 0 Å². The molecular weight excluding hydrogens is 124 g/mol. The molecule has 0 unspecified atom stereocenters. The Bertz CT molecular complexity index is 16.1. The molecule has 0 N–H and O–H groups in total. The molecular formula is C6H13Cr. The summed E-state index contributed by atoms with van der Waals surface area (Å²) >= 11 is 0. The predicted octanol–water partition coefficient (Wildman–Crippen LogP) is 2.40. The second-order valence-electron chi connectivity index (χ2n) is 1.56. The van der Waals surface area contributed by atoms with Crippen LogP contribution in [0.15, 0.2) is 0 Å². The van der Waals surface area contributed by atoms with E-state index in [-0.39, 0.29) is 17.4 Å². The average molecular weight is 137 g/mol. The van der Waals surface area contributed by atoms with Gasteiger partial charge in [-0.15, -0.1) is 0 Å². The van der Waals surface area contributed by atoms with Crippen LogP contribution in [-0.4, -0.2) is 0 Å². The molecule has 0 aliphatic heterocycles. The van der Waals surface area contributed by atoms with Crippen molar-refractivity contribution >= 4 is 0 Å². The van der Waals surface area contributed by atoms with Crippen LogP contribution < -0.4 is 0 Å². The summed E-state index contributed by atoms with van der Waals surface area (Å²) in [6, 6.07) is 0. The molecule has 0 amide bonds.